The lowest BCUT2D eigenvalue weighted by molar-refractivity contribution is -0.123. The number of carbonyl (C=O) groups excluding carboxylic acids is 2. The average molecular weight is 303 g/mol. The minimum Gasteiger partial charge on any atom is -0.351 e. The molecule has 5 nitrogen and oxygen atoms in total. The summed E-state index contributed by atoms with van der Waals surface area (Å²) in [6.45, 7) is 5.15. The molecule has 1 saturated heterocycles. The lowest BCUT2D eigenvalue weighted by Crippen LogP contribution is -2.46. The molecule has 1 aliphatic rings. The van der Waals surface area contributed by atoms with E-state index in [-0.39, 0.29) is 23.8 Å². The molecule has 1 aromatic rings. The first-order valence-corrected chi connectivity index (χ1v) is 7.97. The van der Waals surface area contributed by atoms with Crippen molar-refractivity contribution in [1.29, 1.82) is 0 Å². The molecule has 0 bridgehead atoms. The van der Waals surface area contributed by atoms with Gasteiger partial charge in [-0.3, -0.25) is 9.59 Å². The number of hydrogen-bond donors (Lipinski definition) is 3. The van der Waals surface area contributed by atoms with Crippen LogP contribution in [-0.4, -0.2) is 24.4 Å². The zero-order valence-electron chi connectivity index (χ0n) is 13.3. The summed E-state index contributed by atoms with van der Waals surface area (Å²) in [5, 5.41) is 9.04. The highest BCUT2D eigenvalue weighted by molar-refractivity contribution is 5.92. The van der Waals surface area contributed by atoms with Gasteiger partial charge in [0.05, 0.1) is 6.04 Å². The molecule has 0 spiro atoms. The predicted octanol–water partition coefficient (Wildman–Crippen LogP) is 2.04. The second kappa shape index (κ2) is 7.94. The SMILES string of the molecule is CC(C)C(=O)Nc1ccc(CNC(=O)[C@H]2CCCCN2)cc1. The third-order valence-corrected chi connectivity index (χ3v) is 3.84. The van der Waals surface area contributed by atoms with Crippen molar-refractivity contribution in [2.45, 2.75) is 45.7 Å². The van der Waals surface area contributed by atoms with Gasteiger partial charge in [0.25, 0.3) is 0 Å². The summed E-state index contributed by atoms with van der Waals surface area (Å²) in [5.74, 6) is 0.0308. The zero-order valence-corrected chi connectivity index (χ0v) is 13.3. The summed E-state index contributed by atoms with van der Waals surface area (Å²) in [5.41, 5.74) is 1.80. The van der Waals surface area contributed by atoms with E-state index in [4.69, 9.17) is 0 Å². The molecule has 0 saturated carbocycles. The number of rotatable bonds is 5. The third kappa shape index (κ3) is 4.84. The molecule has 0 unspecified atom stereocenters. The highest BCUT2D eigenvalue weighted by Gasteiger charge is 2.19. The average Bonchev–Trinajstić information content (AvgIpc) is 2.54. The van der Waals surface area contributed by atoms with Crippen LogP contribution in [0, 0.1) is 5.92 Å². The molecule has 1 fully saturated rings. The highest BCUT2D eigenvalue weighted by atomic mass is 16.2. The molecular formula is C17H25N3O2. The lowest BCUT2D eigenvalue weighted by Gasteiger charge is -2.22. The van der Waals surface area contributed by atoms with E-state index in [0.29, 0.717) is 6.54 Å². The lowest BCUT2D eigenvalue weighted by atomic mass is 10.0. The maximum atomic E-state index is 12.0. The van der Waals surface area contributed by atoms with Crippen molar-refractivity contribution in [2.75, 3.05) is 11.9 Å². The first kappa shape index (κ1) is 16.5. The van der Waals surface area contributed by atoms with Crippen molar-refractivity contribution >= 4 is 17.5 Å². The second-order valence-corrected chi connectivity index (χ2v) is 6.06. The van der Waals surface area contributed by atoms with Gasteiger partial charge < -0.3 is 16.0 Å². The van der Waals surface area contributed by atoms with Crippen LogP contribution < -0.4 is 16.0 Å². The molecule has 1 aromatic carbocycles. The van der Waals surface area contributed by atoms with Crippen LogP contribution in [-0.2, 0) is 16.1 Å². The summed E-state index contributed by atoms with van der Waals surface area (Å²) in [6.07, 6.45) is 3.16. The summed E-state index contributed by atoms with van der Waals surface area (Å²) in [6, 6.07) is 7.51. The van der Waals surface area contributed by atoms with Crippen LogP contribution in [0.15, 0.2) is 24.3 Å². The third-order valence-electron chi connectivity index (χ3n) is 3.84. The molecule has 1 heterocycles. The summed E-state index contributed by atoms with van der Waals surface area (Å²) in [4.78, 5) is 23.6. The van der Waals surface area contributed by atoms with Crippen molar-refractivity contribution in [1.82, 2.24) is 10.6 Å². The monoisotopic (exact) mass is 303 g/mol. The van der Waals surface area contributed by atoms with Gasteiger partial charge in [0.2, 0.25) is 11.8 Å². The van der Waals surface area contributed by atoms with Crippen molar-refractivity contribution in [2.24, 2.45) is 5.92 Å². The molecule has 2 rings (SSSR count). The van der Waals surface area contributed by atoms with Gasteiger partial charge in [0, 0.05) is 18.2 Å². The number of nitrogens with one attached hydrogen (secondary N) is 3. The fraction of sp³-hybridized carbons (Fsp3) is 0.529. The Bertz CT molecular complexity index is 505. The van der Waals surface area contributed by atoms with E-state index in [2.05, 4.69) is 16.0 Å². The summed E-state index contributed by atoms with van der Waals surface area (Å²) in [7, 11) is 0. The Labute approximate surface area is 131 Å². The first-order valence-electron chi connectivity index (χ1n) is 7.97. The number of benzene rings is 1. The van der Waals surface area contributed by atoms with Gasteiger partial charge in [0.1, 0.15) is 0 Å². The standard InChI is InChI=1S/C17H25N3O2/c1-12(2)16(21)20-14-8-6-13(7-9-14)11-19-17(22)15-5-3-4-10-18-15/h6-9,12,15,18H,3-5,10-11H2,1-2H3,(H,19,22)(H,20,21)/t15-/m1/s1. The molecule has 1 atom stereocenters. The van der Waals surface area contributed by atoms with Crippen molar-refractivity contribution in [3.63, 3.8) is 0 Å². The minimum absolute atomic E-state index is 0.00410. The van der Waals surface area contributed by atoms with Gasteiger partial charge in [-0.1, -0.05) is 32.4 Å². The van der Waals surface area contributed by atoms with E-state index in [9.17, 15) is 9.59 Å². The van der Waals surface area contributed by atoms with E-state index in [1.807, 2.05) is 38.1 Å². The van der Waals surface area contributed by atoms with Gasteiger partial charge in [-0.15, -0.1) is 0 Å². The van der Waals surface area contributed by atoms with E-state index in [1.54, 1.807) is 0 Å². The van der Waals surface area contributed by atoms with Crippen LogP contribution in [0.4, 0.5) is 5.69 Å². The first-order chi connectivity index (χ1) is 10.6. The Morgan fingerprint density at radius 2 is 1.95 bits per heavy atom. The predicted molar refractivity (Wildman–Crippen MR) is 87.4 cm³/mol. The second-order valence-electron chi connectivity index (χ2n) is 6.06. The molecular weight excluding hydrogens is 278 g/mol. The number of anilines is 1. The van der Waals surface area contributed by atoms with Crippen molar-refractivity contribution in [3.05, 3.63) is 29.8 Å². The number of hydrogen-bond acceptors (Lipinski definition) is 3. The normalized spacial score (nSPS) is 18.0. The summed E-state index contributed by atoms with van der Waals surface area (Å²) < 4.78 is 0. The van der Waals surface area contributed by atoms with Crippen molar-refractivity contribution < 1.29 is 9.59 Å². The summed E-state index contributed by atoms with van der Waals surface area (Å²) >= 11 is 0. The van der Waals surface area contributed by atoms with Crippen LogP contribution in [0.3, 0.4) is 0 Å². The van der Waals surface area contributed by atoms with Crippen LogP contribution in [0.25, 0.3) is 0 Å². The van der Waals surface area contributed by atoms with Crippen LogP contribution in [0.5, 0.6) is 0 Å². The highest BCUT2D eigenvalue weighted by Crippen LogP contribution is 2.11. The van der Waals surface area contributed by atoms with Crippen LogP contribution in [0.1, 0.15) is 38.7 Å². The fourth-order valence-corrected chi connectivity index (χ4v) is 2.38. The molecule has 3 N–H and O–H groups in total. The molecule has 0 radical (unpaired) electrons. The zero-order chi connectivity index (χ0) is 15.9. The van der Waals surface area contributed by atoms with Crippen LogP contribution in [0.2, 0.25) is 0 Å². The largest absolute Gasteiger partial charge is 0.351 e. The van der Waals surface area contributed by atoms with Crippen LogP contribution >= 0.6 is 0 Å². The molecule has 0 aromatic heterocycles. The molecule has 5 heteroatoms. The Morgan fingerprint density at radius 1 is 1.23 bits per heavy atom. The molecule has 120 valence electrons. The number of carbonyl (C=O) groups is 2. The Balaban J connectivity index is 1.81. The van der Waals surface area contributed by atoms with E-state index >= 15 is 0 Å². The quantitative estimate of drug-likeness (QED) is 0.779. The molecule has 2 amide bonds. The minimum atomic E-state index is -0.0571. The Morgan fingerprint density at radius 3 is 2.55 bits per heavy atom. The molecule has 22 heavy (non-hydrogen) atoms. The number of piperidine rings is 1. The smallest absolute Gasteiger partial charge is 0.237 e. The molecule has 1 aliphatic heterocycles. The van der Waals surface area contributed by atoms with Gasteiger partial charge in [-0.25, -0.2) is 0 Å². The van der Waals surface area contributed by atoms with E-state index in [0.717, 1.165) is 37.1 Å². The van der Waals surface area contributed by atoms with Crippen molar-refractivity contribution in [3.8, 4) is 0 Å². The molecule has 0 aliphatic carbocycles. The maximum absolute atomic E-state index is 12.0. The van der Waals surface area contributed by atoms with Gasteiger partial charge in [-0.2, -0.15) is 0 Å². The topological polar surface area (TPSA) is 70.2 Å². The van der Waals surface area contributed by atoms with E-state index < -0.39 is 0 Å². The maximum Gasteiger partial charge on any atom is 0.237 e. The Hall–Kier alpha value is -1.88. The van der Waals surface area contributed by atoms with Gasteiger partial charge in [0.15, 0.2) is 0 Å². The number of amides is 2. The van der Waals surface area contributed by atoms with E-state index in [1.165, 1.54) is 0 Å². The van der Waals surface area contributed by atoms with Gasteiger partial charge in [-0.05, 0) is 37.1 Å². The van der Waals surface area contributed by atoms with Gasteiger partial charge >= 0.3 is 0 Å². The Kier molecular flexibility index (Phi) is 5.95. The fourth-order valence-electron chi connectivity index (χ4n) is 2.38.